The summed E-state index contributed by atoms with van der Waals surface area (Å²) in [5.41, 5.74) is -1.58. The fraction of sp³-hybridized carbons (Fsp3) is 0.154. The van der Waals surface area contributed by atoms with Crippen molar-refractivity contribution < 1.29 is 24.3 Å². The Morgan fingerprint density at radius 1 is 1.16 bits per heavy atom. The van der Waals surface area contributed by atoms with Crippen LogP contribution < -0.4 is 0 Å². The van der Waals surface area contributed by atoms with Crippen molar-refractivity contribution in [2.45, 2.75) is 12.3 Å². The number of carboxylic acid groups (broad SMARTS) is 2. The number of aromatic nitrogens is 1. The van der Waals surface area contributed by atoms with E-state index in [0.717, 1.165) is 6.92 Å². The van der Waals surface area contributed by atoms with Gasteiger partial charge in [-0.25, -0.2) is 0 Å². The average Bonchev–Trinajstić information content (AvgIpc) is 2.88. The highest BCUT2D eigenvalue weighted by atomic mass is 16.5. The van der Waals surface area contributed by atoms with Crippen molar-refractivity contribution in [3.63, 3.8) is 0 Å². The van der Waals surface area contributed by atoms with Crippen molar-refractivity contribution >= 4 is 11.9 Å². The van der Waals surface area contributed by atoms with Crippen LogP contribution in [0.1, 0.15) is 12.6 Å². The molecule has 0 saturated carbocycles. The summed E-state index contributed by atoms with van der Waals surface area (Å²) in [6, 6.07) is 10.2. The molecule has 2 N–H and O–H groups in total. The molecule has 2 aromatic rings. The Kier molecular flexibility index (Phi) is 3.08. The Hall–Kier alpha value is -2.63. The third-order valence-corrected chi connectivity index (χ3v) is 2.94. The average molecular weight is 261 g/mol. The number of hydrogen-bond donors (Lipinski definition) is 2. The van der Waals surface area contributed by atoms with Gasteiger partial charge in [-0.05, 0) is 6.92 Å². The zero-order valence-corrected chi connectivity index (χ0v) is 10.0. The fourth-order valence-corrected chi connectivity index (χ4v) is 1.56. The van der Waals surface area contributed by atoms with E-state index in [4.69, 9.17) is 14.7 Å². The number of aliphatic carboxylic acids is 2. The van der Waals surface area contributed by atoms with Gasteiger partial charge in [0.25, 0.3) is 0 Å². The first kappa shape index (κ1) is 12.8. The van der Waals surface area contributed by atoms with E-state index in [1.54, 1.807) is 24.3 Å². The summed E-state index contributed by atoms with van der Waals surface area (Å²) in [6.45, 7) is 1.07. The minimum Gasteiger partial charge on any atom is -0.480 e. The number of benzene rings is 1. The predicted molar refractivity (Wildman–Crippen MR) is 64.6 cm³/mol. The SMILES string of the molecule is CC(C(=O)O)(C(=O)O)c1cc(-c2ccccc2)on1. The second-order valence-corrected chi connectivity index (χ2v) is 4.18. The maximum absolute atomic E-state index is 11.1. The third kappa shape index (κ3) is 2.08. The molecule has 0 aliphatic carbocycles. The van der Waals surface area contributed by atoms with Gasteiger partial charge >= 0.3 is 11.9 Å². The number of carbonyl (C=O) groups is 2. The minimum absolute atomic E-state index is 0.147. The first-order valence-electron chi connectivity index (χ1n) is 5.45. The Morgan fingerprint density at radius 2 is 1.74 bits per heavy atom. The van der Waals surface area contributed by atoms with Gasteiger partial charge in [0.05, 0.1) is 0 Å². The van der Waals surface area contributed by atoms with Crippen LogP contribution in [-0.2, 0) is 15.0 Å². The van der Waals surface area contributed by atoms with Crippen LogP contribution in [0, 0.1) is 0 Å². The normalized spacial score (nSPS) is 11.2. The standard InChI is InChI=1S/C13H11NO5/c1-13(11(15)16,12(17)18)10-7-9(19-14-10)8-5-3-2-4-6-8/h2-7H,1H3,(H,15,16)(H,17,18). The summed E-state index contributed by atoms with van der Waals surface area (Å²) in [7, 11) is 0. The first-order chi connectivity index (χ1) is 8.96. The van der Waals surface area contributed by atoms with Gasteiger partial charge in [-0.2, -0.15) is 0 Å². The van der Waals surface area contributed by atoms with Crippen LogP contribution in [0.3, 0.4) is 0 Å². The second-order valence-electron chi connectivity index (χ2n) is 4.18. The van der Waals surface area contributed by atoms with E-state index < -0.39 is 17.4 Å². The zero-order chi connectivity index (χ0) is 14.0. The highest BCUT2D eigenvalue weighted by Gasteiger charge is 2.46. The molecule has 0 aliphatic rings. The molecule has 1 aromatic heterocycles. The summed E-state index contributed by atoms with van der Waals surface area (Å²) in [5, 5.41) is 21.7. The molecular formula is C13H11NO5. The molecule has 19 heavy (non-hydrogen) atoms. The molecule has 0 radical (unpaired) electrons. The van der Waals surface area contributed by atoms with Gasteiger partial charge in [-0.1, -0.05) is 35.5 Å². The molecular weight excluding hydrogens is 250 g/mol. The number of nitrogens with zero attached hydrogens (tertiary/aromatic N) is 1. The highest BCUT2D eigenvalue weighted by Crippen LogP contribution is 2.28. The lowest BCUT2D eigenvalue weighted by molar-refractivity contribution is -0.156. The Morgan fingerprint density at radius 3 is 2.26 bits per heavy atom. The molecule has 0 fully saturated rings. The van der Waals surface area contributed by atoms with Crippen LogP contribution in [0.5, 0.6) is 0 Å². The largest absolute Gasteiger partial charge is 0.480 e. The van der Waals surface area contributed by atoms with Gasteiger partial charge in [0, 0.05) is 11.6 Å². The van der Waals surface area contributed by atoms with E-state index in [2.05, 4.69) is 5.16 Å². The van der Waals surface area contributed by atoms with Gasteiger partial charge in [0.15, 0.2) is 5.76 Å². The summed E-state index contributed by atoms with van der Waals surface area (Å²) in [5.74, 6) is -2.66. The molecule has 6 heteroatoms. The van der Waals surface area contributed by atoms with E-state index in [0.29, 0.717) is 11.3 Å². The zero-order valence-electron chi connectivity index (χ0n) is 10.0. The van der Waals surface area contributed by atoms with Crippen LogP contribution in [0.15, 0.2) is 40.9 Å². The van der Waals surface area contributed by atoms with Gasteiger partial charge < -0.3 is 14.7 Å². The van der Waals surface area contributed by atoms with E-state index in [1.807, 2.05) is 6.07 Å². The monoisotopic (exact) mass is 261 g/mol. The molecule has 0 aliphatic heterocycles. The van der Waals surface area contributed by atoms with Crippen LogP contribution in [-0.4, -0.2) is 27.3 Å². The maximum atomic E-state index is 11.1. The summed E-state index contributed by atoms with van der Waals surface area (Å²) in [4.78, 5) is 22.3. The summed E-state index contributed by atoms with van der Waals surface area (Å²) < 4.78 is 5.02. The van der Waals surface area contributed by atoms with Crippen LogP contribution in [0.4, 0.5) is 0 Å². The molecule has 0 bridgehead atoms. The lowest BCUT2D eigenvalue weighted by Crippen LogP contribution is -2.41. The van der Waals surface area contributed by atoms with Crippen molar-refractivity contribution in [1.29, 1.82) is 0 Å². The molecule has 98 valence electrons. The molecule has 1 aromatic carbocycles. The van der Waals surface area contributed by atoms with Crippen molar-refractivity contribution in [2.24, 2.45) is 0 Å². The van der Waals surface area contributed by atoms with Crippen molar-refractivity contribution in [3.05, 3.63) is 42.1 Å². The summed E-state index contributed by atoms with van der Waals surface area (Å²) >= 11 is 0. The van der Waals surface area contributed by atoms with Gasteiger partial charge in [0.1, 0.15) is 5.69 Å². The number of rotatable bonds is 4. The molecule has 0 atom stereocenters. The lowest BCUT2D eigenvalue weighted by atomic mass is 9.87. The van der Waals surface area contributed by atoms with Crippen molar-refractivity contribution in [2.75, 3.05) is 0 Å². The van der Waals surface area contributed by atoms with Crippen LogP contribution >= 0.6 is 0 Å². The van der Waals surface area contributed by atoms with Crippen LogP contribution in [0.2, 0.25) is 0 Å². The topological polar surface area (TPSA) is 101 Å². The van der Waals surface area contributed by atoms with Gasteiger partial charge in [-0.3, -0.25) is 9.59 Å². The Balaban J connectivity index is 2.46. The first-order valence-corrected chi connectivity index (χ1v) is 5.45. The maximum Gasteiger partial charge on any atom is 0.327 e. The smallest absolute Gasteiger partial charge is 0.327 e. The second kappa shape index (κ2) is 4.56. The molecule has 0 spiro atoms. The molecule has 6 nitrogen and oxygen atoms in total. The number of carboxylic acids is 2. The van der Waals surface area contributed by atoms with Crippen molar-refractivity contribution in [3.8, 4) is 11.3 Å². The van der Waals surface area contributed by atoms with Gasteiger partial charge in [0.2, 0.25) is 5.41 Å². The Bertz CT molecular complexity index is 603. The minimum atomic E-state index is -2.13. The molecule has 2 rings (SSSR count). The van der Waals surface area contributed by atoms with Crippen molar-refractivity contribution in [1.82, 2.24) is 5.16 Å². The molecule has 0 saturated heterocycles. The predicted octanol–water partition coefficient (Wildman–Crippen LogP) is 1.77. The quantitative estimate of drug-likeness (QED) is 0.813. The fourth-order valence-electron chi connectivity index (χ4n) is 1.56. The lowest BCUT2D eigenvalue weighted by Gasteiger charge is -2.15. The van der Waals surface area contributed by atoms with Crippen LogP contribution in [0.25, 0.3) is 11.3 Å². The number of hydrogen-bond acceptors (Lipinski definition) is 4. The van der Waals surface area contributed by atoms with E-state index in [-0.39, 0.29) is 5.69 Å². The highest BCUT2D eigenvalue weighted by molar-refractivity contribution is 6.03. The molecule has 0 amide bonds. The van der Waals surface area contributed by atoms with E-state index in [1.165, 1.54) is 6.07 Å². The Labute approximate surface area is 108 Å². The summed E-state index contributed by atoms with van der Waals surface area (Å²) in [6.07, 6.45) is 0. The molecule has 0 unspecified atom stereocenters. The van der Waals surface area contributed by atoms with E-state index in [9.17, 15) is 9.59 Å². The molecule has 1 heterocycles. The third-order valence-electron chi connectivity index (χ3n) is 2.94. The van der Waals surface area contributed by atoms with Gasteiger partial charge in [-0.15, -0.1) is 0 Å². The van der Waals surface area contributed by atoms with E-state index >= 15 is 0 Å².